The average molecular weight is 315 g/mol. The minimum atomic E-state index is 0.0728. The zero-order valence-electron chi connectivity index (χ0n) is 14.0. The van der Waals surface area contributed by atoms with Gasteiger partial charge >= 0.3 is 0 Å². The molecule has 0 amide bonds. The van der Waals surface area contributed by atoms with E-state index in [1.54, 1.807) is 6.33 Å². The van der Waals surface area contributed by atoms with Gasteiger partial charge in [0.05, 0.1) is 18.6 Å². The van der Waals surface area contributed by atoms with Crippen LogP contribution in [-0.2, 0) is 6.42 Å². The lowest BCUT2D eigenvalue weighted by Crippen LogP contribution is -2.14. The molecule has 23 heavy (non-hydrogen) atoms. The van der Waals surface area contributed by atoms with Gasteiger partial charge in [-0.2, -0.15) is 0 Å². The number of aromatic nitrogens is 2. The third kappa shape index (κ3) is 5.77. The van der Waals surface area contributed by atoms with Gasteiger partial charge in [-0.15, -0.1) is 0 Å². The van der Waals surface area contributed by atoms with Gasteiger partial charge in [-0.1, -0.05) is 25.9 Å². The predicted molar refractivity (Wildman–Crippen MR) is 91.2 cm³/mol. The largest absolute Gasteiger partial charge is 0.494 e. The molecule has 5 heteroatoms. The molecule has 2 rings (SSSR count). The van der Waals surface area contributed by atoms with Gasteiger partial charge in [0.25, 0.3) is 0 Å². The van der Waals surface area contributed by atoms with Crippen LogP contribution in [0.2, 0.25) is 0 Å². The van der Waals surface area contributed by atoms with Crippen molar-refractivity contribution in [1.82, 2.24) is 9.97 Å². The maximum Gasteiger partial charge on any atom is 0.119 e. The normalized spacial score (nSPS) is 12.4. The maximum atomic E-state index is 9.22. The van der Waals surface area contributed by atoms with Gasteiger partial charge in [0.1, 0.15) is 5.75 Å². The number of aryl methyl sites for hydroxylation is 1. The van der Waals surface area contributed by atoms with Crippen LogP contribution >= 0.6 is 0 Å². The van der Waals surface area contributed by atoms with Crippen LogP contribution in [0.5, 0.6) is 5.75 Å². The second-order valence-electron chi connectivity index (χ2n) is 6.84. The molecular formula is C18H25N3O2. The highest BCUT2D eigenvalue weighted by atomic mass is 16.5. The number of hydrogen-bond acceptors (Lipinski definition) is 4. The van der Waals surface area contributed by atoms with Crippen LogP contribution < -0.4 is 4.74 Å². The Morgan fingerprint density at radius 1 is 1.26 bits per heavy atom. The van der Waals surface area contributed by atoms with Crippen molar-refractivity contribution in [3.05, 3.63) is 48.0 Å². The van der Waals surface area contributed by atoms with Crippen LogP contribution in [0.3, 0.4) is 0 Å². The standard InChI is InChI=1S/C18H25N3O2/c1-18(2,3)11-17(21-22)14-6-8-16(9-7-14)23-10-4-5-15-12-19-13-20-15/h6-9,12-13,22H,4-5,10-11H2,1-3H3,(H,19,20)/b21-17+. The fourth-order valence-electron chi connectivity index (χ4n) is 2.32. The van der Waals surface area contributed by atoms with Crippen molar-refractivity contribution in [2.45, 2.75) is 40.0 Å². The number of hydrogen-bond donors (Lipinski definition) is 2. The van der Waals surface area contributed by atoms with Crippen molar-refractivity contribution in [1.29, 1.82) is 0 Å². The first-order chi connectivity index (χ1) is 11.0. The summed E-state index contributed by atoms with van der Waals surface area (Å²) < 4.78 is 5.74. The molecule has 0 saturated heterocycles. The highest BCUT2D eigenvalue weighted by Crippen LogP contribution is 2.23. The molecule has 124 valence electrons. The van der Waals surface area contributed by atoms with E-state index in [0.717, 1.165) is 29.8 Å². The Balaban J connectivity index is 1.84. The zero-order chi connectivity index (χ0) is 16.7. The molecule has 0 atom stereocenters. The summed E-state index contributed by atoms with van der Waals surface area (Å²) in [6, 6.07) is 7.70. The van der Waals surface area contributed by atoms with Gasteiger partial charge in [0.15, 0.2) is 0 Å². The van der Waals surface area contributed by atoms with Crippen molar-refractivity contribution in [3.8, 4) is 5.75 Å². The monoisotopic (exact) mass is 315 g/mol. The van der Waals surface area contributed by atoms with E-state index < -0.39 is 0 Å². The van der Waals surface area contributed by atoms with Crippen LogP contribution in [0.15, 0.2) is 41.9 Å². The SMILES string of the molecule is CC(C)(C)C/C(=N\O)c1ccc(OCCCc2cnc[nH]2)cc1. The number of nitrogens with zero attached hydrogens (tertiary/aromatic N) is 2. The number of oxime groups is 1. The Hall–Kier alpha value is -2.30. The fraction of sp³-hybridized carbons (Fsp3) is 0.444. The molecule has 1 heterocycles. The molecule has 2 N–H and O–H groups in total. The van der Waals surface area contributed by atoms with Gasteiger partial charge in [-0.05, 0) is 54.5 Å². The average Bonchev–Trinajstić information content (AvgIpc) is 3.02. The maximum absolute atomic E-state index is 9.22. The third-order valence-electron chi connectivity index (χ3n) is 3.42. The number of H-pyrrole nitrogens is 1. The highest BCUT2D eigenvalue weighted by molar-refractivity contribution is 6.00. The molecule has 1 aromatic heterocycles. The molecule has 0 radical (unpaired) electrons. The van der Waals surface area contributed by atoms with Crippen molar-refractivity contribution >= 4 is 5.71 Å². The van der Waals surface area contributed by atoms with Gasteiger partial charge in [-0.25, -0.2) is 4.98 Å². The van der Waals surface area contributed by atoms with E-state index >= 15 is 0 Å². The van der Waals surface area contributed by atoms with Crippen LogP contribution in [-0.4, -0.2) is 27.5 Å². The molecule has 0 unspecified atom stereocenters. The van der Waals surface area contributed by atoms with Crippen LogP contribution in [0.4, 0.5) is 0 Å². The number of rotatable bonds is 7. The molecule has 5 nitrogen and oxygen atoms in total. The predicted octanol–water partition coefficient (Wildman–Crippen LogP) is 4.04. The fourth-order valence-corrected chi connectivity index (χ4v) is 2.32. The van der Waals surface area contributed by atoms with Crippen molar-refractivity contribution in [2.24, 2.45) is 10.6 Å². The summed E-state index contributed by atoms with van der Waals surface area (Å²) in [6.45, 7) is 7.02. The Morgan fingerprint density at radius 3 is 2.57 bits per heavy atom. The minimum absolute atomic E-state index is 0.0728. The summed E-state index contributed by atoms with van der Waals surface area (Å²) in [5.74, 6) is 0.825. The van der Waals surface area contributed by atoms with Crippen molar-refractivity contribution in [3.63, 3.8) is 0 Å². The van der Waals surface area contributed by atoms with E-state index in [9.17, 15) is 5.21 Å². The van der Waals surface area contributed by atoms with E-state index in [4.69, 9.17) is 4.74 Å². The van der Waals surface area contributed by atoms with Crippen LogP contribution in [0, 0.1) is 5.41 Å². The summed E-state index contributed by atoms with van der Waals surface area (Å²) in [4.78, 5) is 7.07. The molecule has 0 aliphatic rings. The third-order valence-corrected chi connectivity index (χ3v) is 3.42. The highest BCUT2D eigenvalue weighted by Gasteiger charge is 2.16. The van der Waals surface area contributed by atoms with E-state index in [0.29, 0.717) is 18.7 Å². The van der Waals surface area contributed by atoms with Crippen LogP contribution in [0.1, 0.15) is 44.9 Å². The van der Waals surface area contributed by atoms with Crippen LogP contribution in [0.25, 0.3) is 0 Å². The van der Waals surface area contributed by atoms with Gasteiger partial charge in [0.2, 0.25) is 0 Å². The Labute approximate surface area is 137 Å². The lowest BCUT2D eigenvalue weighted by molar-refractivity contribution is 0.310. The first-order valence-corrected chi connectivity index (χ1v) is 7.89. The second-order valence-corrected chi connectivity index (χ2v) is 6.84. The zero-order valence-corrected chi connectivity index (χ0v) is 14.0. The molecule has 0 bridgehead atoms. The first-order valence-electron chi connectivity index (χ1n) is 7.89. The quantitative estimate of drug-likeness (QED) is 0.351. The number of aromatic amines is 1. The number of benzene rings is 1. The first kappa shape index (κ1) is 17.1. The Morgan fingerprint density at radius 2 is 2.00 bits per heavy atom. The van der Waals surface area contributed by atoms with Gasteiger partial charge in [-0.3, -0.25) is 0 Å². The molecule has 0 aliphatic carbocycles. The van der Waals surface area contributed by atoms with E-state index in [2.05, 4.69) is 35.9 Å². The molecular weight excluding hydrogens is 290 g/mol. The van der Waals surface area contributed by atoms with Crippen molar-refractivity contribution in [2.75, 3.05) is 6.61 Å². The van der Waals surface area contributed by atoms with E-state index in [-0.39, 0.29) is 5.41 Å². The number of imidazole rings is 1. The second kappa shape index (κ2) is 7.81. The smallest absolute Gasteiger partial charge is 0.119 e. The molecule has 0 fully saturated rings. The van der Waals surface area contributed by atoms with Crippen molar-refractivity contribution < 1.29 is 9.94 Å². The summed E-state index contributed by atoms with van der Waals surface area (Å²) in [7, 11) is 0. The number of nitrogens with one attached hydrogen (secondary N) is 1. The summed E-state index contributed by atoms with van der Waals surface area (Å²) in [5, 5.41) is 12.7. The molecule has 0 saturated carbocycles. The lowest BCUT2D eigenvalue weighted by atomic mass is 9.87. The summed E-state index contributed by atoms with van der Waals surface area (Å²) in [6.07, 6.45) is 6.09. The van der Waals surface area contributed by atoms with E-state index in [1.165, 1.54) is 0 Å². The summed E-state index contributed by atoms with van der Waals surface area (Å²) >= 11 is 0. The minimum Gasteiger partial charge on any atom is -0.494 e. The Kier molecular flexibility index (Phi) is 5.79. The molecule has 0 aliphatic heterocycles. The summed E-state index contributed by atoms with van der Waals surface area (Å²) in [5.41, 5.74) is 2.81. The molecule has 1 aromatic carbocycles. The van der Waals surface area contributed by atoms with Gasteiger partial charge in [0, 0.05) is 11.9 Å². The Bertz CT molecular complexity index is 611. The molecule has 0 spiro atoms. The van der Waals surface area contributed by atoms with Gasteiger partial charge < -0.3 is 14.9 Å². The van der Waals surface area contributed by atoms with E-state index in [1.807, 2.05) is 30.5 Å². The number of ether oxygens (including phenoxy) is 1. The topological polar surface area (TPSA) is 70.5 Å². The lowest BCUT2D eigenvalue weighted by Gasteiger charge is -2.18. The molecule has 2 aromatic rings.